The molecule has 0 spiro atoms. The summed E-state index contributed by atoms with van der Waals surface area (Å²) in [6.07, 6.45) is 5.45. The van der Waals surface area contributed by atoms with E-state index in [1.165, 1.54) is 0 Å². The summed E-state index contributed by atoms with van der Waals surface area (Å²) in [6, 6.07) is 3.63. The summed E-state index contributed by atoms with van der Waals surface area (Å²) in [5.74, 6) is 0.567. The van der Waals surface area contributed by atoms with Crippen molar-refractivity contribution in [3.05, 3.63) is 30.1 Å². The first-order chi connectivity index (χ1) is 5.38. The second kappa shape index (κ2) is 2.46. The van der Waals surface area contributed by atoms with Crippen LogP contribution in [-0.4, -0.2) is 10.8 Å². The molecule has 0 bridgehead atoms. The average molecular weight is 147 g/mol. The first kappa shape index (κ1) is 6.53. The smallest absolute Gasteiger partial charge is 0.167 e. The molecular formula is C9H9NO. The zero-order valence-electron chi connectivity index (χ0n) is 6.16. The molecule has 0 unspecified atom stereocenters. The van der Waals surface area contributed by atoms with Gasteiger partial charge in [0.15, 0.2) is 5.78 Å². The third kappa shape index (κ3) is 1.29. The van der Waals surface area contributed by atoms with Crippen molar-refractivity contribution in [1.29, 1.82) is 0 Å². The summed E-state index contributed by atoms with van der Waals surface area (Å²) in [4.78, 5) is 15.3. The monoisotopic (exact) mass is 147 g/mol. The standard InChI is InChI=1S/C9H9NO/c11-9(7-3-4-7)8-2-1-5-10-6-8/h1-2,5-7H,3-4H2. The van der Waals surface area contributed by atoms with Gasteiger partial charge in [0.1, 0.15) is 0 Å². The SMILES string of the molecule is O=C(c1cccnc1)C1CC1. The first-order valence-electron chi connectivity index (χ1n) is 3.82. The fourth-order valence-corrected chi connectivity index (χ4v) is 1.09. The van der Waals surface area contributed by atoms with Crippen molar-refractivity contribution in [2.75, 3.05) is 0 Å². The van der Waals surface area contributed by atoms with Crippen LogP contribution in [0.15, 0.2) is 24.5 Å². The Labute approximate surface area is 65.3 Å². The fourth-order valence-electron chi connectivity index (χ4n) is 1.09. The van der Waals surface area contributed by atoms with Gasteiger partial charge in [-0.05, 0) is 25.0 Å². The molecule has 0 aromatic carbocycles. The summed E-state index contributed by atoms with van der Waals surface area (Å²) < 4.78 is 0. The highest BCUT2D eigenvalue weighted by molar-refractivity contribution is 5.98. The number of nitrogens with zero attached hydrogens (tertiary/aromatic N) is 1. The van der Waals surface area contributed by atoms with Gasteiger partial charge in [-0.3, -0.25) is 9.78 Å². The second-order valence-corrected chi connectivity index (χ2v) is 2.88. The molecule has 1 heterocycles. The van der Waals surface area contributed by atoms with E-state index in [1.54, 1.807) is 18.5 Å². The molecule has 0 atom stereocenters. The van der Waals surface area contributed by atoms with Crippen molar-refractivity contribution in [3.63, 3.8) is 0 Å². The molecule has 0 radical (unpaired) electrons. The maximum atomic E-state index is 11.4. The molecule has 11 heavy (non-hydrogen) atoms. The van der Waals surface area contributed by atoms with Crippen LogP contribution in [0.5, 0.6) is 0 Å². The lowest BCUT2D eigenvalue weighted by Crippen LogP contribution is -2.00. The number of rotatable bonds is 2. The van der Waals surface area contributed by atoms with Gasteiger partial charge in [-0.25, -0.2) is 0 Å². The zero-order valence-corrected chi connectivity index (χ0v) is 6.16. The van der Waals surface area contributed by atoms with Crippen molar-refractivity contribution in [3.8, 4) is 0 Å². The summed E-state index contributed by atoms with van der Waals surface area (Å²) in [5.41, 5.74) is 0.759. The number of aromatic nitrogens is 1. The molecule has 2 heteroatoms. The lowest BCUT2D eigenvalue weighted by Gasteiger charge is -1.94. The molecule has 0 N–H and O–H groups in total. The molecule has 0 aliphatic heterocycles. The van der Waals surface area contributed by atoms with E-state index >= 15 is 0 Å². The van der Waals surface area contributed by atoms with Crippen LogP contribution in [-0.2, 0) is 0 Å². The van der Waals surface area contributed by atoms with E-state index in [9.17, 15) is 4.79 Å². The molecule has 56 valence electrons. The Hall–Kier alpha value is -1.18. The Bertz CT molecular complexity index is 264. The Morgan fingerprint density at radius 2 is 2.36 bits per heavy atom. The molecule has 0 amide bonds. The van der Waals surface area contributed by atoms with Crippen LogP contribution in [0.2, 0.25) is 0 Å². The minimum absolute atomic E-state index is 0.262. The summed E-state index contributed by atoms with van der Waals surface area (Å²) in [6.45, 7) is 0. The van der Waals surface area contributed by atoms with Gasteiger partial charge < -0.3 is 0 Å². The maximum absolute atomic E-state index is 11.4. The Morgan fingerprint density at radius 1 is 1.55 bits per heavy atom. The third-order valence-electron chi connectivity index (χ3n) is 1.89. The highest BCUT2D eigenvalue weighted by Gasteiger charge is 2.30. The lowest BCUT2D eigenvalue weighted by atomic mass is 10.1. The van der Waals surface area contributed by atoms with Crippen LogP contribution >= 0.6 is 0 Å². The zero-order chi connectivity index (χ0) is 7.68. The van der Waals surface area contributed by atoms with E-state index in [1.807, 2.05) is 6.07 Å². The van der Waals surface area contributed by atoms with Crippen molar-refractivity contribution in [1.82, 2.24) is 4.98 Å². The fraction of sp³-hybridized carbons (Fsp3) is 0.333. The number of hydrogen-bond acceptors (Lipinski definition) is 2. The molecule has 2 rings (SSSR count). The second-order valence-electron chi connectivity index (χ2n) is 2.88. The van der Waals surface area contributed by atoms with Crippen molar-refractivity contribution in [2.45, 2.75) is 12.8 Å². The van der Waals surface area contributed by atoms with Crippen molar-refractivity contribution >= 4 is 5.78 Å². The topological polar surface area (TPSA) is 30.0 Å². The minimum atomic E-state index is 0.262. The summed E-state index contributed by atoms with van der Waals surface area (Å²) in [5, 5.41) is 0. The number of ketones is 1. The van der Waals surface area contributed by atoms with Gasteiger partial charge in [0.25, 0.3) is 0 Å². The molecule has 1 aliphatic carbocycles. The van der Waals surface area contributed by atoms with E-state index in [0.29, 0.717) is 5.92 Å². The predicted molar refractivity (Wildman–Crippen MR) is 41.3 cm³/mol. The van der Waals surface area contributed by atoms with Gasteiger partial charge in [0.2, 0.25) is 0 Å². The molecule has 1 saturated carbocycles. The Balaban J connectivity index is 2.22. The molecule has 2 nitrogen and oxygen atoms in total. The number of Topliss-reactive ketones (excluding diaryl/α,β-unsaturated/α-hetero) is 1. The van der Waals surface area contributed by atoms with Gasteiger partial charge in [-0.2, -0.15) is 0 Å². The van der Waals surface area contributed by atoms with Crippen LogP contribution < -0.4 is 0 Å². The van der Waals surface area contributed by atoms with E-state index in [-0.39, 0.29) is 5.78 Å². The van der Waals surface area contributed by atoms with Crippen LogP contribution in [0.25, 0.3) is 0 Å². The molecule has 1 aromatic heterocycles. The van der Waals surface area contributed by atoms with Gasteiger partial charge in [0, 0.05) is 23.9 Å². The number of carbonyl (C=O) groups excluding carboxylic acids is 1. The van der Waals surface area contributed by atoms with Crippen molar-refractivity contribution < 1.29 is 4.79 Å². The van der Waals surface area contributed by atoms with Gasteiger partial charge >= 0.3 is 0 Å². The number of pyridine rings is 1. The number of carbonyl (C=O) groups is 1. The first-order valence-corrected chi connectivity index (χ1v) is 3.82. The normalized spacial score (nSPS) is 16.4. The minimum Gasteiger partial charge on any atom is -0.294 e. The van der Waals surface area contributed by atoms with Gasteiger partial charge in [-0.15, -0.1) is 0 Å². The van der Waals surface area contributed by atoms with E-state index in [4.69, 9.17) is 0 Å². The van der Waals surface area contributed by atoms with Crippen LogP contribution in [0.3, 0.4) is 0 Å². The maximum Gasteiger partial charge on any atom is 0.167 e. The molecule has 1 aromatic rings. The van der Waals surface area contributed by atoms with Crippen LogP contribution in [0.4, 0.5) is 0 Å². The quantitative estimate of drug-likeness (QED) is 0.595. The molecule has 1 aliphatic rings. The van der Waals surface area contributed by atoms with E-state index in [2.05, 4.69) is 4.98 Å². The number of hydrogen-bond donors (Lipinski definition) is 0. The van der Waals surface area contributed by atoms with E-state index in [0.717, 1.165) is 18.4 Å². The molecule has 1 fully saturated rings. The Kier molecular flexibility index (Phi) is 1.46. The predicted octanol–water partition coefficient (Wildman–Crippen LogP) is 1.67. The van der Waals surface area contributed by atoms with Crippen LogP contribution in [0.1, 0.15) is 23.2 Å². The van der Waals surface area contributed by atoms with Crippen LogP contribution in [0, 0.1) is 5.92 Å². The molecular weight excluding hydrogens is 138 g/mol. The summed E-state index contributed by atoms with van der Waals surface area (Å²) >= 11 is 0. The van der Waals surface area contributed by atoms with E-state index < -0.39 is 0 Å². The summed E-state index contributed by atoms with van der Waals surface area (Å²) in [7, 11) is 0. The lowest BCUT2D eigenvalue weighted by molar-refractivity contribution is 0.0967. The van der Waals surface area contributed by atoms with Crippen molar-refractivity contribution in [2.24, 2.45) is 5.92 Å². The highest BCUT2D eigenvalue weighted by Crippen LogP contribution is 2.32. The van der Waals surface area contributed by atoms with Gasteiger partial charge in [0.05, 0.1) is 0 Å². The van der Waals surface area contributed by atoms with Gasteiger partial charge in [-0.1, -0.05) is 0 Å². The molecule has 0 saturated heterocycles. The Morgan fingerprint density at radius 3 is 2.91 bits per heavy atom. The average Bonchev–Trinajstić information content (AvgIpc) is 2.87. The highest BCUT2D eigenvalue weighted by atomic mass is 16.1. The third-order valence-corrected chi connectivity index (χ3v) is 1.89. The largest absolute Gasteiger partial charge is 0.294 e.